The Labute approximate surface area is 95.5 Å². The number of carbonyl (C=O) groups excluding carboxylic acids is 1. The summed E-state index contributed by atoms with van der Waals surface area (Å²) in [5, 5.41) is 0. The van der Waals surface area contributed by atoms with Gasteiger partial charge < -0.3 is 15.2 Å². The molecule has 0 spiro atoms. The maximum absolute atomic E-state index is 11.5. The molecule has 80 valence electrons. The number of ether oxygens (including phenoxy) is 2. The zero-order valence-electron chi connectivity index (χ0n) is 8.17. The predicted octanol–water partition coefficient (Wildman–Crippen LogP) is 1.63. The molecule has 0 aromatic heterocycles. The molecule has 0 amide bonds. The minimum Gasteiger partial charge on any atom is -0.454 e. The van der Waals surface area contributed by atoms with E-state index in [1.54, 1.807) is 6.07 Å². The standard InChI is InChI=1S/C10H10BrNO3/c1-5-6(7(13)3-12)2-8-10(9(5)11)15-4-14-8/h2H,3-4,12H2,1H3. The molecule has 1 aromatic rings. The van der Waals surface area contributed by atoms with Gasteiger partial charge in [-0.05, 0) is 34.5 Å². The lowest BCUT2D eigenvalue weighted by molar-refractivity contribution is 0.100. The summed E-state index contributed by atoms with van der Waals surface area (Å²) in [4.78, 5) is 11.5. The van der Waals surface area contributed by atoms with Gasteiger partial charge in [-0.25, -0.2) is 0 Å². The fourth-order valence-corrected chi connectivity index (χ4v) is 2.02. The number of carbonyl (C=O) groups is 1. The number of halogens is 1. The van der Waals surface area contributed by atoms with Gasteiger partial charge in [-0.15, -0.1) is 0 Å². The van der Waals surface area contributed by atoms with Crippen LogP contribution < -0.4 is 15.2 Å². The van der Waals surface area contributed by atoms with E-state index < -0.39 is 0 Å². The second-order valence-electron chi connectivity index (χ2n) is 3.22. The smallest absolute Gasteiger partial charge is 0.231 e. The molecule has 0 fully saturated rings. The van der Waals surface area contributed by atoms with Gasteiger partial charge in [0.2, 0.25) is 6.79 Å². The summed E-state index contributed by atoms with van der Waals surface area (Å²) in [6.07, 6.45) is 0. The van der Waals surface area contributed by atoms with Crippen LogP contribution in [0.2, 0.25) is 0 Å². The van der Waals surface area contributed by atoms with Crippen molar-refractivity contribution >= 4 is 21.7 Å². The summed E-state index contributed by atoms with van der Waals surface area (Å²) in [6.45, 7) is 2.02. The average molecular weight is 272 g/mol. The van der Waals surface area contributed by atoms with Crippen molar-refractivity contribution in [1.82, 2.24) is 0 Å². The molecule has 0 saturated heterocycles. The van der Waals surface area contributed by atoms with Crippen molar-refractivity contribution in [3.05, 3.63) is 21.7 Å². The SMILES string of the molecule is Cc1c(C(=O)CN)cc2c(c1Br)OCO2. The number of Topliss-reactive ketones (excluding diaryl/α,β-unsaturated/α-hetero) is 1. The summed E-state index contributed by atoms with van der Waals surface area (Å²) in [6, 6.07) is 1.68. The maximum Gasteiger partial charge on any atom is 0.231 e. The summed E-state index contributed by atoms with van der Waals surface area (Å²) < 4.78 is 11.2. The van der Waals surface area contributed by atoms with Crippen molar-refractivity contribution in [3.63, 3.8) is 0 Å². The Hall–Kier alpha value is -1.07. The Morgan fingerprint density at radius 3 is 3.00 bits per heavy atom. The van der Waals surface area contributed by atoms with E-state index in [1.165, 1.54) is 0 Å². The van der Waals surface area contributed by atoms with Crippen molar-refractivity contribution in [2.24, 2.45) is 5.73 Å². The van der Waals surface area contributed by atoms with Crippen LogP contribution in [0.4, 0.5) is 0 Å². The van der Waals surface area contributed by atoms with E-state index in [4.69, 9.17) is 15.2 Å². The summed E-state index contributed by atoms with van der Waals surface area (Å²) in [5.41, 5.74) is 6.74. The molecular formula is C10H10BrNO3. The average Bonchev–Trinajstić information content (AvgIpc) is 2.70. The molecule has 1 aliphatic heterocycles. The highest BCUT2D eigenvalue weighted by Crippen LogP contribution is 2.42. The zero-order chi connectivity index (χ0) is 11.0. The van der Waals surface area contributed by atoms with Crippen molar-refractivity contribution in [2.75, 3.05) is 13.3 Å². The molecule has 0 atom stereocenters. The molecule has 15 heavy (non-hydrogen) atoms. The highest BCUT2D eigenvalue weighted by molar-refractivity contribution is 9.10. The van der Waals surface area contributed by atoms with Crippen LogP contribution in [0, 0.1) is 6.92 Å². The van der Waals surface area contributed by atoms with Gasteiger partial charge in [0.15, 0.2) is 17.3 Å². The van der Waals surface area contributed by atoms with Gasteiger partial charge in [0.1, 0.15) is 0 Å². The Morgan fingerprint density at radius 2 is 2.33 bits per heavy atom. The fourth-order valence-electron chi connectivity index (χ4n) is 1.49. The normalized spacial score (nSPS) is 13.0. The Kier molecular flexibility index (Phi) is 2.67. The zero-order valence-corrected chi connectivity index (χ0v) is 9.76. The third kappa shape index (κ3) is 1.61. The fraction of sp³-hybridized carbons (Fsp3) is 0.300. The first-order valence-corrected chi connectivity index (χ1v) is 5.26. The van der Waals surface area contributed by atoms with E-state index in [9.17, 15) is 4.79 Å². The number of ketones is 1. The minimum absolute atomic E-state index is 0.00702. The second-order valence-corrected chi connectivity index (χ2v) is 4.02. The first-order chi connectivity index (χ1) is 7.15. The van der Waals surface area contributed by atoms with Gasteiger partial charge in [-0.2, -0.15) is 0 Å². The predicted molar refractivity (Wildman–Crippen MR) is 58.4 cm³/mol. The molecule has 0 bridgehead atoms. The molecule has 0 aliphatic carbocycles. The van der Waals surface area contributed by atoms with E-state index in [0.717, 1.165) is 10.0 Å². The molecular weight excluding hydrogens is 262 g/mol. The van der Waals surface area contributed by atoms with Crippen LogP contribution in [0.1, 0.15) is 15.9 Å². The second kappa shape index (κ2) is 3.83. The first kappa shape index (κ1) is 10.4. The van der Waals surface area contributed by atoms with E-state index >= 15 is 0 Å². The number of benzene rings is 1. The lowest BCUT2D eigenvalue weighted by atomic mass is 10.0. The Morgan fingerprint density at radius 1 is 1.60 bits per heavy atom. The molecule has 2 rings (SSSR count). The highest BCUT2D eigenvalue weighted by atomic mass is 79.9. The van der Waals surface area contributed by atoms with E-state index in [0.29, 0.717) is 17.1 Å². The number of hydrogen-bond acceptors (Lipinski definition) is 4. The van der Waals surface area contributed by atoms with Crippen molar-refractivity contribution in [3.8, 4) is 11.5 Å². The van der Waals surface area contributed by atoms with E-state index in [1.807, 2.05) is 6.92 Å². The maximum atomic E-state index is 11.5. The molecule has 4 nitrogen and oxygen atoms in total. The van der Waals surface area contributed by atoms with Gasteiger partial charge in [-0.1, -0.05) is 0 Å². The summed E-state index contributed by atoms with van der Waals surface area (Å²) in [5.74, 6) is 1.14. The molecule has 1 heterocycles. The number of fused-ring (bicyclic) bond motifs is 1. The molecule has 0 saturated carbocycles. The van der Waals surface area contributed by atoms with Gasteiger partial charge in [0.05, 0.1) is 11.0 Å². The molecule has 0 radical (unpaired) electrons. The molecule has 1 aliphatic rings. The molecule has 2 N–H and O–H groups in total. The minimum atomic E-state index is -0.105. The van der Waals surface area contributed by atoms with E-state index in [2.05, 4.69) is 15.9 Å². The lowest BCUT2D eigenvalue weighted by Gasteiger charge is -2.08. The number of nitrogens with two attached hydrogens (primary N) is 1. The van der Waals surface area contributed by atoms with Crippen LogP contribution in [0.5, 0.6) is 11.5 Å². The van der Waals surface area contributed by atoms with Crippen LogP contribution in [-0.4, -0.2) is 19.1 Å². The third-order valence-corrected chi connectivity index (χ3v) is 3.29. The summed E-state index contributed by atoms with van der Waals surface area (Å²) in [7, 11) is 0. The van der Waals surface area contributed by atoms with Crippen molar-refractivity contribution < 1.29 is 14.3 Å². The number of rotatable bonds is 2. The first-order valence-electron chi connectivity index (χ1n) is 4.47. The highest BCUT2D eigenvalue weighted by Gasteiger charge is 2.23. The van der Waals surface area contributed by atoms with Crippen molar-refractivity contribution in [1.29, 1.82) is 0 Å². The van der Waals surface area contributed by atoms with Gasteiger partial charge >= 0.3 is 0 Å². The van der Waals surface area contributed by atoms with Crippen LogP contribution >= 0.6 is 15.9 Å². The van der Waals surface area contributed by atoms with Gasteiger partial charge in [0.25, 0.3) is 0 Å². The Bertz CT molecular complexity index is 431. The number of hydrogen-bond donors (Lipinski definition) is 1. The Balaban J connectivity index is 2.59. The third-order valence-electron chi connectivity index (χ3n) is 2.34. The van der Waals surface area contributed by atoms with Crippen LogP contribution in [-0.2, 0) is 0 Å². The molecule has 1 aromatic carbocycles. The van der Waals surface area contributed by atoms with Gasteiger partial charge in [-0.3, -0.25) is 4.79 Å². The van der Waals surface area contributed by atoms with Crippen molar-refractivity contribution in [2.45, 2.75) is 6.92 Å². The lowest BCUT2D eigenvalue weighted by Crippen LogP contribution is -2.15. The largest absolute Gasteiger partial charge is 0.454 e. The quantitative estimate of drug-likeness (QED) is 0.831. The van der Waals surface area contributed by atoms with Crippen LogP contribution in [0.3, 0.4) is 0 Å². The summed E-state index contributed by atoms with van der Waals surface area (Å²) >= 11 is 3.38. The van der Waals surface area contributed by atoms with Crippen LogP contribution in [0.15, 0.2) is 10.5 Å². The van der Waals surface area contributed by atoms with Crippen LogP contribution in [0.25, 0.3) is 0 Å². The topological polar surface area (TPSA) is 61.6 Å². The monoisotopic (exact) mass is 271 g/mol. The molecule has 5 heteroatoms. The van der Waals surface area contributed by atoms with Gasteiger partial charge in [0, 0.05) is 5.56 Å². The molecule has 0 unspecified atom stereocenters. The van der Waals surface area contributed by atoms with E-state index in [-0.39, 0.29) is 19.1 Å².